The van der Waals surface area contributed by atoms with E-state index in [2.05, 4.69) is 35.2 Å². The zero-order valence-electron chi connectivity index (χ0n) is 10.4. The van der Waals surface area contributed by atoms with Gasteiger partial charge in [-0.2, -0.15) is 0 Å². The summed E-state index contributed by atoms with van der Waals surface area (Å²) in [6, 6.07) is 4.15. The molecule has 0 unspecified atom stereocenters. The zero-order chi connectivity index (χ0) is 11.6. The highest BCUT2D eigenvalue weighted by Crippen LogP contribution is 2.00. The number of hydrogen-bond donors (Lipinski definition) is 1. The molecule has 0 bridgehead atoms. The zero-order valence-corrected chi connectivity index (χ0v) is 10.4. The Morgan fingerprint density at radius 1 is 1.38 bits per heavy atom. The second-order valence-electron chi connectivity index (χ2n) is 4.12. The van der Waals surface area contributed by atoms with E-state index in [1.807, 2.05) is 18.5 Å². The molecule has 0 atom stereocenters. The van der Waals surface area contributed by atoms with Crippen LogP contribution >= 0.6 is 0 Å². The maximum absolute atomic E-state index is 4.12. The predicted octanol–water partition coefficient (Wildman–Crippen LogP) is 1.56. The van der Waals surface area contributed by atoms with Crippen LogP contribution in [0.4, 0.5) is 0 Å². The summed E-state index contributed by atoms with van der Waals surface area (Å²) >= 11 is 0. The van der Waals surface area contributed by atoms with Crippen molar-refractivity contribution < 1.29 is 0 Å². The fourth-order valence-corrected chi connectivity index (χ4v) is 1.66. The Bertz CT molecular complexity index is 261. The van der Waals surface area contributed by atoms with Crippen molar-refractivity contribution in [3.05, 3.63) is 30.1 Å². The topological polar surface area (TPSA) is 28.2 Å². The van der Waals surface area contributed by atoms with E-state index in [0.717, 1.165) is 32.6 Å². The largest absolute Gasteiger partial charge is 0.316 e. The summed E-state index contributed by atoms with van der Waals surface area (Å²) in [6.07, 6.45) is 6.11. The van der Waals surface area contributed by atoms with Gasteiger partial charge in [-0.25, -0.2) is 0 Å². The lowest BCUT2D eigenvalue weighted by Gasteiger charge is -2.16. The van der Waals surface area contributed by atoms with Crippen molar-refractivity contribution in [3.63, 3.8) is 0 Å². The number of likely N-dealkylation sites (N-methyl/N-ethyl adjacent to an activating group) is 2. The molecule has 0 fully saturated rings. The van der Waals surface area contributed by atoms with E-state index in [0.29, 0.717) is 0 Å². The number of rotatable bonds is 8. The number of aromatic nitrogens is 1. The monoisotopic (exact) mass is 221 g/mol. The highest BCUT2D eigenvalue weighted by molar-refractivity contribution is 5.08. The van der Waals surface area contributed by atoms with Gasteiger partial charge >= 0.3 is 0 Å². The molecule has 90 valence electrons. The Kier molecular flexibility index (Phi) is 6.77. The van der Waals surface area contributed by atoms with Gasteiger partial charge in [0.2, 0.25) is 0 Å². The summed E-state index contributed by atoms with van der Waals surface area (Å²) in [5, 5.41) is 3.34. The molecule has 1 N–H and O–H groups in total. The summed E-state index contributed by atoms with van der Waals surface area (Å²) in [6.45, 7) is 6.56. The molecule has 0 aliphatic heterocycles. The van der Waals surface area contributed by atoms with Crippen LogP contribution in [-0.2, 0) is 6.42 Å². The first-order valence-corrected chi connectivity index (χ1v) is 6.11. The highest BCUT2D eigenvalue weighted by Gasteiger charge is 1.98. The van der Waals surface area contributed by atoms with Crippen LogP contribution in [-0.4, -0.2) is 43.1 Å². The molecule has 0 spiro atoms. The van der Waals surface area contributed by atoms with E-state index in [4.69, 9.17) is 0 Å². The fourth-order valence-electron chi connectivity index (χ4n) is 1.66. The quantitative estimate of drug-likeness (QED) is 0.675. The Morgan fingerprint density at radius 3 is 2.94 bits per heavy atom. The molecule has 0 aliphatic carbocycles. The van der Waals surface area contributed by atoms with Crippen LogP contribution in [0.3, 0.4) is 0 Å². The third-order valence-electron chi connectivity index (χ3n) is 2.65. The summed E-state index contributed by atoms with van der Waals surface area (Å²) in [5.74, 6) is 0. The molecule has 1 aromatic heterocycles. The van der Waals surface area contributed by atoms with Gasteiger partial charge in [0.05, 0.1) is 0 Å². The lowest BCUT2D eigenvalue weighted by Crippen LogP contribution is -2.29. The molecule has 0 amide bonds. The minimum Gasteiger partial charge on any atom is -0.316 e. The van der Waals surface area contributed by atoms with Gasteiger partial charge in [-0.3, -0.25) is 4.98 Å². The molecule has 0 saturated carbocycles. The molecule has 3 nitrogen and oxygen atoms in total. The molecule has 0 aliphatic rings. The Hall–Kier alpha value is -0.930. The van der Waals surface area contributed by atoms with Crippen molar-refractivity contribution in [2.75, 3.05) is 33.2 Å². The maximum atomic E-state index is 4.12. The first-order valence-electron chi connectivity index (χ1n) is 6.11. The number of aryl methyl sites for hydroxylation is 1. The second-order valence-corrected chi connectivity index (χ2v) is 4.12. The molecule has 1 aromatic rings. The lowest BCUT2D eigenvalue weighted by molar-refractivity contribution is 0.328. The summed E-state index contributed by atoms with van der Waals surface area (Å²) < 4.78 is 0. The van der Waals surface area contributed by atoms with E-state index in [-0.39, 0.29) is 0 Å². The van der Waals surface area contributed by atoms with E-state index in [1.54, 1.807) is 0 Å². The fraction of sp³-hybridized carbons (Fsp3) is 0.615. The number of nitrogens with one attached hydrogen (secondary N) is 1. The molecule has 3 heteroatoms. The van der Waals surface area contributed by atoms with Crippen molar-refractivity contribution in [1.29, 1.82) is 0 Å². The third-order valence-corrected chi connectivity index (χ3v) is 2.65. The van der Waals surface area contributed by atoms with E-state index in [1.165, 1.54) is 12.0 Å². The van der Waals surface area contributed by atoms with E-state index >= 15 is 0 Å². The molecular weight excluding hydrogens is 198 g/mol. The number of pyridine rings is 1. The van der Waals surface area contributed by atoms with Crippen LogP contribution < -0.4 is 5.32 Å². The van der Waals surface area contributed by atoms with E-state index in [9.17, 15) is 0 Å². The summed E-state index contributed by atoms with van der Waals surface area (Å²) in [7, 11) is 2.18. The number of hydrogen-bond acceptors (Lipinski definition) is 3. The Labute approximate surface area is 98.9 Å². The molecular formula is C13H23N3. The van der Waals surface area contributed by atoms with Gasteiger partial charge in [0.15, 0.2) is 0 Å². The minimum absolute atomic E-state index is 1.06. The summed E-state index contributed by atoms with van der Waals surface area (Å²) in [4.78, 5) is 6.49. The standard InChI is InChI=1S/C13H23N3/c1-3-14-9-11-16(2)10-5-7-13-6-4-8-15-12-13/h4,6,8,12,14H,3,5,7,9-11H2,1-2H3. The van der Waals surface area contributed by atoms with Crippen molar-refractivity contribution in [1.82, 2.24) is 15.2 Å². The van der Waals surface area contributed by atoms with Crippen LogP contribution in [0.5, 0.6) is 0 Å². The molecule has 1 heterocycles. The molecule has 0 radical (unpaired) electrons. The summed E-state index contributed by atoms with van der Waals surface area (Å²) in [5.41, 5.74) is 1.34. The smallest absolute Gasteiger partial charge is 0.0299 e. The van der Waals surface area contributed by atoms with Crippen molar-refractivity contribution in [2.45, 2.75) is 19.8 Å². The maximum Gasteiger partial charge on any atom is 0.0299 e. The van der Waals surface area contributed by atoms with Crippen LogP contribution in [0, 0.1) is 0 Å². The van der Waals surface area contributed by atoms with Gasteiger partial charge in [-0.15, -0.1) is 0 Å². The van der Waals surface area contributed by atoms with Crippen LogP contribution in [0.15, 0.2) is 24.5 Å². The average molecular weight is 221 g/mol. The molecule has 0 saturated heterocycles. The van der Waals surface area contributed by atoms with Gasteiger partial charge in [-0.1, -0.05) is 13.0 Å². The lowest BCUT2D eigenvalue weighted by atomic mass is 10.1. The van der Waals surface area contributed by atoms with Crippen LogP contribution in [0.1, 0.15) is 18.9 Å². The van der Waals surface area contributed by atoms with Crippen molar-refractivity contribution >= 4 is 0 Å². The highest BCUT2D eigenvalue weighted by atomic mass is 15.1. The normalized spacial score (nSPS) is 10.9. The SMILES string of the molecule is CCNCCN(C)CCCc1cccnc1. The van der Waals surface area contributed by atoms with Gasteiger partial charge in [0, 0.05) is 25.5 Å². The Morgan fingerprint density at radius 2 is 2.25 bits per heavy atom. The van der Waals surface area contributed by atoms with Gasteiger partial charge in [0.1, 0.15) is 0 Å². The van der Waals surface area contributed by atoms with Crippen LogP contribution in [0.2, 0.25) is 0 Å². The van der Waals surface area contributed by atoms with Gasteiger partial charge in [-0.05, 0) is 44.6 Å². The molecule has 1 rings (SSSR count). The van der Waals surface area contributed by atoms with Crippen molar-refractivity contribution in [2.24, 2.45) is 0 Å². The molecule has 0 aromatic carbocycles. The Balaban J connectivity index is 2.06. The molecule has 16 heavy (non-hydrogen) atoms. The predicted molar refractivity (Wildman–Crippen MR) is 68.6 cm³/mol. The van der Waals surface area contributed by atoms with Crippen molar-refractivity contribution in [3.8, 4) is 0 Å². The second kappa shape index (κ2) is 8.25. The first kappa shape index (κ1) is 13.1. The number of nitrogens with zero attached hydrogens (tertiary/aromatic N) is 2. The first-order chi connectivity index (χ1) is 7.83. The minimum atomic E-state index is 1.06. The third kappa shape index (κ3) is 5.83. The van der Waals surface area contributed by atoms with Crippen LogP contribution in [0.25, 0.3) is 0 Å². The average Bonchev–Trinajstić information content (AvgIpc) is 2.31. The van der Waals surface area contributed by atoms with Gasteiger partial charge in [0.25, 0.3) is 0 Å². The van der Waals surface area contributed by atoms with Gasteiger partial charge < -0.3 is 10.2 Å². The van der Waals surface area contributed by atoms with E-state index < -0.39 is 0 Å².